The Labute approximate surface area is 101 Å². The molecule has 17 heavy (non-hydrogen) atoms. The van der Waals surface area contributed by atoms with E-state index in [1.165, 1.54) is 32.4 Å². The average Bonchev–Trinajstić information content (AvgIpc) is 2.39. The van der Waals surface area contributed by atoms with Gasteiger partial charge in [-0.15, -0.1) is 0 Å². The first-order valence-corrected chi connectivity index (χ1v) is 6.27. The Bertz CT molecular complexity index is 409. The summed E-state index contributed by atoms with van der Waals surface area (Å²) in [5.41, 5.74) is 5.88. The average molecular weight is 236 g/mol. The van der Waals surface area contributed by atoms with Crippen molar-refractivity contribution in [1.29, 1.82) is 0 Å². The Hall–Kier alpha value is -1.20. The van der Waals surface area contributed by atoms with Gasteiger partial charge in [0.15, 0.2) is 0 Å². The molecule has 0 bridgehead atoms. The Morgan fingerprint density at radius 1 is 1.24 bits per heavy atom. The first-order valence-electron chi connectivity index (χ1n) is 6.27. The zero-order chi connectivity index (χ0) is 12.1. The molecule has 1 saturated heterocycles. The molecule has 0 saturated carbocycles. The van der Waals surface area contributed by atoms with Gasteiger partial charge in [0.1, 0.15) is 0 Å². The molecule has 1 fully saturated rings. The first kappa shape index (κ1) is 12.3. The lowest BCUT2D eigenvalue weighted by Crippen LogP contribution is -2.33. The van der Waals surface area contributed by atoms with Crippen molar-refractivity contribution in [3.63, 3.8) is 0 Å². The maximum Gasteiger partial charge on any atom is 0.277 e. The third kappa shape index (κ3) is 3.38. The maximum absolute atomic E-state index is 11.3. The second-order valence-corrected chi connectivity index (χ2v) is 4.55. The number of hydrogen-bond donors (Lipinski definition) is 1. The smallest absolute Gasteiger partial charge is 0.277 e. The molecule has 0 atom stereocenters. The van der Waals surface area contributed by atoms with Crippen LogP contribution < -0.4 is 11.3 Å². The van der Waals surface area contributed by atoms with Gasteiger partial charge in [-0.05, 0) is 25.9 Å². The number of aromatic nitrogens is 2. The molecule has 1 aliphatic rings. The molecule has 2 N–H and O–H groups in total. The predicted octanol–water partition coefficient (Wildman–Crippen LogP) is 0.188. The number of nitrogens with two attached hydrogens (primary N) is 1. The van der Waals surface area contributed by atoms with Gasteiger partial charge in [0.05, 0.1) is 6.33 Å². The van der Waals surface area contributed by atoms with Gasteiger partial charge in [-0.25, -0.2) is 0 Å². The largest absolute Gasteiger partial charge is 0.337 e. The van der Waals surface area contributed by atoms with Crippen LogP contribution in [0.25, 0.3) is 0 Å². The van der Waals surface area contributed by atoms with Crippen molar-refractivity contribution in [2.45, 2.75) is 32.4 Å². The lowest BCUT2D eigenvalue weighted by molar-refractivity contribution is 0.220. The van der Waals surface area contributed by atoms with E-state index in [1.807, 2.05) is 10.8 Å². The van der Waals surface area contributed by atoms with Gasteiger partial charge in [-0.2, -0.15) is 4.98 Å². The first-order chi connectivity index (χ1) is 8.29. The van der Waals surface area contributed by atoms with Gasteiger partial charge in [-0.3, -0.25) is 4.79 Å². The van der Waals surface area contributed by atoms with E-state index < -0.39 is 0 Å². The van der Waals surface area contributed by atoms with Crippen LogP contribution in [0.3, 0.4) is 0 Å². The summed E-state index contributed by atoms with van der Waals surface area (Å²) in [6, 6.07) is 0. The topological polar surface area (TPSA) is 64.2 Å². The minimum atomic E-state index is -0.207. The predicted molar refractivity (Wildman–Crippen MR) is 66.7 cm³/mol. The lowest BCUT2D eigenvalue weighted by atomic mass is 10.1. The van der Waals surface area contributed by atoms with Crippen molar-refractivity contribution in [2.75, 3.05) is 19.6 Å². The molecular formula is C12H20N4O. The summed E-state index contributed by atoms with van der Waals surface area (Å²) in [7, 11) is 0. The van der Waals surface area contributed by atoms with E-state index in [9.17, 15) is 4.79 Å². The van der Waals surface area contributed by atoms with Crippen molar-refractivity contribution in [3.05, 3.63) is 28.4 Å². The molecule has 2 heterocycles. The summed E-state index contributed by atoms with van der Waals surface area (Å²) >= 11 is 0. The van der Waals surface area contributed by atoms with Crippen molar-refractivity contribution >= 4 is 0 Å². The highest BCUT2D eigenvalue weighted by atomic mass is 16.1. The fourth-order valence-electron chi connectivity index (χ4n) is 2.20. The van der Waals surface area contributed by atoms with E-state index >= 15 is 0 Å². The standard InChI is InChI=1S/C12H20N4O/c13-8-11-9-16(10-14-12(11)17)7-6-15-4-2-1-3-5-15/h9-10H,1-8,13H2. The lowest BCUT2D eigenvalue weighted by Gasteiger charge is -2.26. The van der Waals surface area contributed by atoms with Gasteiger partial charge in [0, 0.05) is 31.4 Å². The second kappa shape index (κ2) is 5.93. The molecule has 2 rings (SSSR count). The Kier molecular flexibility index (Phi) is 4.28. The van der Waals surface area contributed by atoms with E-state index in [2.05, 4.69) is 9.88 Å². The fourth-order valence-corrected chi connectivity index (χ4v) is 2.20. The molecule has 1 aromatic heterocycles. The molecule has 0 spiro atoms. The summed E-state index contributed by atoms with van der Waals surface area (Å²) < 4.78 is 1.96. The van der Waals surface area contributed by atoms with E-state index in [-0.39, 0.29) is 12.1 Å². The van der Waals surface area contributed by atoms with Gasteiger partial charge >= 0.3 is 0 Å². The summed E-state index contributed by atoms with van der Waals surface area (Å²) in [6.07, 6.45) is 7.38. The van der Waals surface area contributed by atoms with Crippen LogP contribution >= 0.6 is 0 Å². The molecule has 5 heteroatoms. The highest BCUT2D eigenvalue weighted by Gasteiger charge is 2.09. The Morgan fingerprint density at radius 3 is 2.71 bits per heavy atom. The second-order valence-electron chi connectivity index (χ2n) is 4.55. The normalized spacial score (nSPS) is 17.2. The molecule has 0 unspecified atom stereocenters. The van der Waals surface area contributed by atoms with Crippen molar-refractivity contribution < 1.29 is 0 Å². The third-order valence-corrected chi connectivity index (χ3v) is 3.26. The summed E-state index contributed by atoms with van der Waals surface area (Å²) in [5, 5.41) is 0. The summed E-state index contributed by atoms with van der Waals surface area (Å²) in [4.78, 5) is 17.6. The van der Waals surface area contributed by atoms with Crippen molar-refractivity contribution in [1.82, 2.24) is 14.5 Å². The Balaban J connectivity index is 1.91. The van der Waals surface area contributed by atoms with E-state index in [1.54, 1.807) is 6.33 Å². The highest BCUT2D eigenvalue weighted by molar-refractivity contribution is 5.03. The fraction of sp³-hybridized carbons (Fsp3) is 0.667. The molecule has 94 valence electrons. The Morgan fingerprint density at radius 2 is 2.00 bits per heavy atom. The molecule has 1 aromatic rings. The van der Waals surface area contributed by atoms with Gasteiger partial charge < -0.3 is 15.2 Å². The minimum Gasteiger partial charge on any atom is -0.337 e. The molecular weight excluding hydrogens is 216 g/mol. The van der Waals surface area contributed by atoms with Crippen LogP contribution in [0.15, 0.2) is 17.3 Å². The summed E-state index contributed by atoms with van der Waals surface area (Å²) in [5.74, 6) is 0. The van der Waals surface area contributed by atoms with E-state index in [0.29, 0.717) is 5.56 Å². The van der Waals surface area contributed by atoms with Crippen molar-refractivity contribution in [3.8, 4) is 0 Å². The van der Waals surface area contributed by atoms with Gasteiger partial charge in [-0.1, -0.05) is 6.42 Å². The van der Waals surface area contributed by atoms with Gasteiger partial charge in [0.2, 0.25) is 0 Å². The number of nitrogens with zero attached hydrogens (tertiary/aromatic N) is 3. The zero-order valence-corrected chi connectivity index (χ0v) is 10.1. The van der Waals surface area contributed by atoms with Crippen LogP contribution in [0.2, 0.25) is 0 Å². The molecule has 0 aromatic carbocycles. The van der Waals surface area contributed by atoms with Crippen molar-refractivity contribution in [2.24, 2.45) is 5.73 Å². The third-order valence-electron chi connectivity index (χ3n) is 3.26. The van der Waals surface area contributed by atoms with Crippen LogP contribution in [0.1, 0.15) is 24.8 Å². The van der Waals surface area contributed by atoms with E-state index in [4.69, 9.17) is 5.73 Å². The van der Waals surface area contributed by atoms with Crippen LogP contribution in [0, 0.1) is 0 Å². The molecule has 0 amide bonds. The van der Waals surface area contributed by atoms with Crippen LogP contribution in [0.4, 0.5) is 0 Å². The molecule has 5 nitrogen and oxygen atoms in total. The number of rotatable bonds is 4. The summed E-state index contributed by atoms with van der Waals surface area (Å²) in [6.45, 7) is 4.54. The molecule has 0 aliphatic carbocycles. The highest BCUT2D eigenvalue weighted by Crippen LogP contribution is 2.08. The van der Waals surface area contributed by atoms with Gasteiger partial charge in [0.25, 0.3) is 5.56 Å². The SMILES string of the molecule is NCc1cn(CCN2CCCCC2)cnc1=O. The molecule has 0 radical (unpaired) electrons. The minimum absolute atomic E-state index is 0.207. The van der Waals surface area contributed by atoms with E-state index in [0.717, 1.165) is 13.1 Å². The van der Waals surface area contributed by atoms with Crippen LogP contribution in [0.5, 0.6) is 0 Å². The number of likely N-dealkylation sites (tertiary alicyclic amines) is 1. The quantitative estimate of drug-likeness (QED) is 0.810. The molecule has 1 aliphatic heterocycles. The maximum atomic E-state index is 11.3. The number of hydrogen-bond acceptors (Lipinski definition) is 4. The zero-order valence-electron chi connectivity index (χ0n) is 10.1. The monoisotopic (exact) mass is 236 g/mol. The van der Waals surface area contributed by atoms with Crippen LogP contribution in [-0.2, 0) is 13.1 Å². The van der Waals surface area contributed by atoms with Crippen LogP contribution in [-0.4, -0.2) is 34.1 Å². The number of piperidine rings is 1.